The Morgan fingerprint density at radius 1 is 1.47 bits per heavy atom. The molecule has 0 bridgehead atoms. The second-order valence-electron chi connectivity index (χ2n) is 4.31. The maximum Gasteiger partial charge on any atom is 0.133 e. The molecule has 0 amide bonds. The van der Waals surface area contributed by atoms with E-state index in [1.54, 1.807) is 7.11 Å². The SMILES string of the molecule is COc1cc(C)c(CC2(O)CC2)cc1Br. The second-order valence-corrected chi connectivity index (χ2v) is 5.17. The summed E-state index contributed by atoms with van der Waals surface area (Å²) in [6, 6.07) is 4.05. The highest BCUT2D eigenvalue weighted by atomic mass is 79.9. The molecule has 1 fully saturated rings. The van der Waals surface area contributed by atoms with Crippen LogP contribution in [0.1, 0.15) is 24.0 Å². The third kappa shape index (κ3) is 2.34. The zero-order valence-corrected chi connectivity index (χ0v) is 10.6. The van der Waals surface area contributed by atoms with Gasteiger partial charge in [-0.25, -0.2) is 0 Å². The zero-order chi connectivity index (χ0) is 11.1. The Morgan fingerprint density at radius 2 is 2.13 bits per heavy atom. The van der Waals surface area contributed by atoms with E-state index in [4.69, 9.17) is 4.74 Å². The van der Waals surface area contributed by atoms with E-state index in [0.717, 1.165) is 29.5 Å². The summed E-state index contributed by atoms with van der Waals surface area (Å²) in [6.07, 6.45) is 2.60. The van der Waals surface area contributed by atoms with E-state index in [-0.39, 0.29) is 0 Å². The first-order chi connectivity index (χ1) is 7.04. The van der Waals surface area contributed by atoms with Crippen LogP contribution in [0, 0.1) is 6.92 Å². The summed E-state index contributed by atoms with van der Waals surface area (Å²) in [5.41, 5.74) is 1.94. The van der Waals surface area contributed by atoms with Crippen LogP contribution in [-0.4, -0.2) is 17.8 Å². The summed E-state index contributed by atoms with van der Waals surface area (Å²) >= 11 is 3.46. The quantitative estimate of drug-likeness (QED) is 0.916. The molecule has 1 aromatic rings. The van der Waals surface area contributed by atoms with Gasteiger partial charge in [-0.1, -0.05) is 0 Å². The second kappa shape index (κ2) is 3.80. The van der Waals surface area contributed by atoms with E-state index in [0.29, 0.717) is 0 Å². The van der Waals surface area contributed by atoms with Crippen molar-refractivity contribution in [3.8, 4) is 5.75 Å². The van der Waals surface area contributed by atoms with E-state index in [2.05, 4.69) is 22.9 Å². The van der Waals surface area contributed by atoms with Gasteiger partial charge in [0, 0.05) is 6.42 Å². The van der Waals surface area contributed by atoms with Crippen molar-refractivity contribution in [2.45, 2.75) is 31.8 Å². The fraction of sp³-hybridized carbons (Fsp3) is 0.500. The third-order valence-corrected chi connectivity index (χ3v) is 3.58. The molecule has 1 N–H and O–H groups in total. The highest BCUT2D eigenvalue weighted by Crippen LogP contribution is 2.40. The van der Waals surface area contributed by atoms with Gasteiger partial charge >= 0.3 is 0 Å². The minimum atomic E-state index is -0.432. The summed E-state index contributed by atoms with van der Waals surface area (Å²) in [6.45, 7) is 2.05. The number of hydrogen-bond acceptors (Lipinski definition) is 2. The lowest BCUT2D eigenvalue weighted by Crippen LogP contribution is -2.11. The summed E-state index contributed by atoms with van der Waals surface area (Å²) < 4.78 is 6.17. The maximum absolute atomic E-state index is 9.88. The number of ether oxygens (including phenoxy) is 1. The summed E-state index contributed by atoms with van der Waals surface area (Å²) in [7, 11) is 1.66. The van der Waals surface area contributed by atoms with Gasteiger partial charge in [-0.3, -0.25) is 0 Å². The molecule has 1 saturated carbocycles. The van der Waals surface area contributed by atoms with Crippen molar-refractivity contribution in [1.29, 1.82) is 0 Å². The van der Waals surface area contributed by atoms with Gasteiger partial charge in [0.2, 0.25) is 0 Å². The van der Waals surface area contributed by atoms with Crippen molar-refractivity contribution in [2.75, 3.05) is 7.11 Å². The van der Waals surface area contributed by atoms with E-state index >= 15 is 0 Å². The topological polar surface area (TPSA) is 29.5 Å². The molecule has 1 aromatic carbocycles. The van der Waals surface area contributed by atoms with Crippen LogP contribution in [-0.2, 0) is 6.42 Å². The van der Waals surface area contributed by atoms with Crippen molar-refractivity contribution >= 4 is 15.9 Å². The molecule has 2 nitrogen and oxygen atoms in total. The molecular formula is C12H15BrO2. The first-order valence-electron chi connectivity index (χ1n) is 5.09. The van der Waals surface area contributed by atoms with Crippen LogP contribution >= 0.6 is 15.9 Å². The van der Waals surface area contributed by atoms with Crippen molar-refractivity contribution in [2.24, 2.45) is 0 Å². The highest BCUT2D eigenvalue weighted by Gasteiger charge is 2.40. The molecule has 3 heteroatoms. The van der Waals surface area contributed by atoms with Crippen molar-refractivity contribution in [3.63, 3.8) is 0 Å². The standard InChI is InChI=1S/C12H15BrO2/c1-8-5-11(15-2)10(13)6-9(8)7-12(14)3-4-12/h5-6,14H,3-4,7H2,1-2H3. The maximum atomic E-state index is 9.88. The van der Waals surface area contributed by atoms with Gasteiger partial charge in [-0.2, -0.15) is 0 Å². The van der Waals surface area contributed by atoms with Gasteiger partial charge in [-0.05, 0) is 59.0 Å². The van der Waals surface area contributed by atoms with Crippen LogP contribution in [0.15, 0.2) is 16.6 Å². The fourth-order valence-corrected chi connectivity index (χ4v) is 2.27. The Bertz CT molecular complexity index is 383. The molecule has 0 aliphatic heterocycles. The van der Waals surface area contributed by atoms with E-state index < -0.39 is 5.60 Å². The molecule has 15 heavy (non-hydrogen) atoms. The first-order valence-corrected chi connectivity index (χ1v) is 5.89. The van der Waals surface area contributed by atoms with Gasteiger partial charge in [0.25, 0.3) is 0 Å². The van der Waals surface area contributed by atoms with E-state index in [1.165, 1.54) is 11.1 Å². The van der Waals surface area contributed by atoms with Gasteiger partial charge in [0.1, 0.15) is 5.75 Å². The smallest absolute Gasteiger partial charge is 0.133 e. The predicted molar refractivity (Wildman–Crippen MR) is 63.3 cm³/mol. The third-order valence-electron chi connectivity index (χ3n) is 2.96. The van der Waals surface area contributed by atoms with Crippen molar-refractivity contribution in [3.05, 3.63) is 27.7 Å². The molecule has 82 valence electrons. The Kier molecular flexibility index (Phi) is 2.77. The molecule has 2 rings (SSSR count). The fourth-order valence-electron chi connectivity index (χ4n) is 1.72. The molecule has 0 radical (unpaired) electrons. The number of aliphatic hydroxyl groups is 1. The Balaban J connectivity index is 2.28. The monoisotopic (exact) mass is 270 g/mol. The van der Waals surface area contributed by atoms with E-state index in [1.807, 2.05) is 12.1 Å². The average Bonchev–Trinajstić information content (AvgIpc) is 2.89. The van der Waals surface area contributed by atoms with Crippen LogP contribution in [0.25, 0.3) is 0 Å². The lowest BCUT2D eigenvalue weighted by atomic mass is 10.0. The summed E-state index contributed by atoms with van der Waals surface area (Å²) in [4.78, 5) is 0. The number of halogens is 1. The van der Waals surface area contributed by atoms with Gasteiger partial charge in [0.15, 0.2) is 0 Å². The average molecular weight is 271 g/mol. The number of methoxy groups -OCH3 is 1. The van der Waals surface area contributed by atoms with Crippen LogP contribution in [0.3, 0.4) is 0 Å². The van der Waals surface area contributed by atoms with Crippen molar-refractivity contribution < 1.29 is 9.84 Å². The molecule has 0 unspecified atom stereocenters. The van der Waals surface area contributed by atoms with Crippen LogP contribution in [0.4, 0.5) is 0 Å². The molecule has 0 spiro atoms. The summed E-state index contributed by atoms with van der Waals surface area (Å²) in [5, 5.41) is 9.88. The molecular weight excluding hydrogens is 256 g/mol. The lowest BCUT2D eigenvalue weighted by Gasteiger charge is -2.13. The Morgan fingerprint density at radius 3 is 2.67 bits per heavy atom. The normalized spacial score (nSPS) is 17.6. The molecule has 0 atom stereocenters. The van der Waals surface area contributed by atoms with Crippen molar-refractivity contribution in [1.82, 2.24) is 0 Å². The number of aryl methyl sites for hydroxylation is 1. The first kappa shape index (κ1) is 11.0. The van der Waals surface area contributed by atoms with E-state index in [9.17, 15) is 5.11 Å². The minimum absolute atomic E-state index is 0.432. The van der Waals surface area contributed by atoms with Crippen LogP contribution < -0.4 is 4.74 Å². The van der Waals surface area contributed by atoms with Crippen LogP contribution in [0.2, 0.25) is 0 Å². The van der Waals surface area contributed by atoms with Crippen LogP contribution in [0.5, 0.6) is 5.75 Å². The highest BCUT2D eigenvalue weighted by molar-refractivity contribution is 9.10. The van der Waals surface area contributed by atoms with Gasteiger partial charge in [0.05, 0.1) is 17.2 Å². The summed E-state index contributed by atoms with van der Waals surface area (Å²) in [5.74, 6) is 0.846. The Hall–Kier alpha value is -0.540. The molecule has 0 saturated heterocycles. The Labute approximate surface area is 98.4 Å². The largest absolute Gasteiger partial charge is 0.496 e. The molecule has 1 aliphatic carbocycles. The molecule has 1 aliphatic rings. The zero-order valence-electron chi connectivity index (χ0n) is 9.01. The number of rotatable bonds is 3. The number of benzene rings is 1. The van der Waals surface area contributed by atoms with Gasteiger partial charge < -0.3 is 9.84 Å². The molecule has 0 aromatic heterocycles. The predicted octanol–water partition coefficient (Wildman–Crippen LogP) is 2.83. The lowest BCUT2D eigenvalue weighted by molar-refractivity contribution is 0.150. The molecule has 0 heterocycles. The van der Waals surface area contributed by atoms with Gasteiger partial charge in [-0.15, -0.1) is 0 Å². The number of hydrogen-bond donors (Lipinski definition) is 1. The minimum Gasteiger partial charge on any atom is -0.496 e.